The first kappa shape index (κ1) is 10.6. The topological polar surface area (TPSA) is 47.0 Å². The normalized spacial score (nSPS) is 21.3. The van der Waals surface area contributed by atoms with Gasteiger partial charge in [-0.15, -0.1) is 0 Å². The largest absolute Gasteiger partial charge is 0.381 e. The minimum Gasteiger partial charge on any atom is -0.381 e. The summed E-state index contributed by atoms with van der Waals surface area (Å²) >= 11 is 5.92. The molecule has 4 nitrogen and oxygen atoms in total. The van der Waals surface area contributed by atoms with Crippen LogP contribution in [0.15, 0.2) is 12.5 Å². The Morgan fingerprint density at radius 3 is 3.27 bits per heavy atom. The van der Waals surface area contributed by atoms with Gasteiger partial charge in [0.25, 0.3) is 0 Å². The van der Waals surface area contributed by atoms with Crippen LogP contribution in [0.3, 0.4) is 0 Å². The molecular weight excluding hydrogens is 214 g/mol. The van der Waals surface area contributed by atoms with Crippen LogP contribution in [0.25, 0.3) is 0 Å². The third kappa shape index (κ3) is 3.04. The van der Waals surface area contributed by atoms with Gasteiger partial charge in [0.2, 0.25) is 0 Å². The van der Waals surface area contributed by atoms with E-state index in [2.05, 4.69) is 15.3 Å². The van der Waals surface area contributed by atoms with Gasteiger partial charge in [-0.1, -0.05) is 11.6 Å². The zero-order chi connectivity index (χ0) is 10.5. The second kappa shape index (κ2) is 5.28. The third-order valence-electron chi connectivity index (χ3n) is 2.48. The maximum absolute atomic E-state index is 5.92. The Morgan fingerprint density at radius 2 is 2.53 bits per heavy atom. The Bertz CT molecular complexity index is 315. The van der Waals surface area contributed by atoms with Crippen LogP contribution >= 0.6 is 11.6 Å². The monoisotopic (exact) mass is 227 g/mol. The predicted octanol–water partition coefficient (Wildman–Crippen LogP) is 1.97. The number of rotatable bonds is 3. The molecule has 0 saturated carbocycles. The van der Waals surface area contributed by atoms with Crippen molar-refractivity contribution < 1.29 is 4.74 Å². The van der Waals surface area contributed by atoms with E-state index >= 15 is 0 Å². The number of hydrogen-bond donors (Lipinski definition) is 1. The van der Waals surface area contributed by atoms with Crippen LogP contribution in [-0.2, 0) is 4.74 Å². The van der Waals surface area contributed by atoms with Gasteiger partial charge in [-0.3, -0.25) is 0 Å². The van der Waals surface area contributed by atoms with E-state index < -0.39 is 0 Å². The molecule has 2 rings (SSSR count). The molecule has 1 saturated heterocycles. The smallest absolute Gasteiger partial charge is 0.148 e. The highest BCUT2D eigenvalue weighted by atomic mass is 35.5. The zero-order valence-electron chi connectivity index (χ0n) is 8.45. The molecule has 1 aromatic heterocycles. The van der Waals surface area contributed by atoms with Gasteiger partial charge in [-0.05, 0) is 18.8 Å². The average molecular weight is 228 g/mol. The van der Waals surface area contributed by atoms with E-state index in [1.165, 1.54) is 12.7 Å². The number of aromatic nitrogens is 2. The van der Waals surface area contributed by atoms with Crippen molar-refractivity contribution in [2.24, 2.45) is 5.92 Å². The zero-order valence-corrected chi connectivity index (χ0v) is 9.20. The van der Waals surface area contributed by atoms with E-state index in [4.69, 9.17) is 16.3 Å². The molecule has 1 atom stereocenters. The summed E-state index contributed by atoms with van der Waals surface area (Å²) < 4.78 is 5.40. The molecule has 1 N–H and O–H groups in total. The van der Waals surface area contributed by atoms with Crippen LogP contribution in [0.2, 0.25) is 5.02 Å². The number of halogens is 1. The maximum atomic E-state index is 5.92. The summed E-state index contributed by atoms with van der Waals surface area (Å²) in [5.41, 5.74) is 0. The van der Waals surface area contributed by atoms with E-state index in [0.717, 1.165) is 26.2 Å². The number of ether oxygens (including phenoxy) is 1. The molecule has 0 aliphatic carbocycles. The molecule has 0 aromatic carbocycles. The predicted molar refractivity (Wildman–Crippen MR) is 59.1 cm³/mol. The first-order valence-electron chi connectivity index (χ1n) is 5.13. The van der Waals surface area contributed by atoms with Crippen LogP contribution < -0.4 is 5.32 Å². The summed E-state index contributed by atoms with van der Waals surface area (Å²) in [5, 5.41) is 3.78. The lowest BCUT2D eigenvalue weighted by molar-refractivity contribution is 0.0595. The summed E-state index contributed by atoms with van der Waals surface area (Å²) in [6, 6.07) is 0. The summed E-state index contributed by atoms with van der Waals surface area (Å²) in [7, 11) is 0. The first-order valence-corrected chi connectivity index (χ1v) is 5.51. The van der Waals surface area contributed by atoms with Crippen LogP contribution in [0.4, 0.5) is 5.82 Å². The molecule has 5 heteroatoms. The Morgan fingerprint density at radius 1 is 1.60 bits per heavy atom. The molecule has 0 spiro atoms. The Balaban J connectivity index is 1.84. The summed E-state index contributed by atoms with van der Waals surface area (Å²) in [6.45, 7) is 2.58. The van der Waals surface area contributed by atoms with Crippen LogP contribution in [0.5, 0.6) is 0 Å². The Kier molecular flexibility index (Phi) is 3.75. The molecule has 0 bridgehead atoms. The number of nitrogens with one attached hydrogen (secondary N) is 1. The fourth-order valence-electron chi connectivity index (χ4n) is 1.65. The highest BCUT2D eigenvalue weighted by Gasteiger charge is 2.14. The first-order chi connectivity index (χ1) is 7.36. The summed E-state index contributed by atoms with van der Waals surface area (Å²) in [6.07, 6.45) is 5.43. The van der Waals surface area contributed by atoms with Crippen molar-refractivity contribution in [2.45, 2.75) is 12.8 Å². The summed E-state index contributed by atoms with van der Waals surface area (Å²) in [4.78, 5) is 7.90. The number of hydrogen-bond acceptors (Lipinski definition) is 4. The van der Waals surface area contributed by atoms with Gasteiger partial charge in [0, 0.05) is 13.2 Å². The SMILES string of the molecule is Clc1cncnc1NCC1CCCOC1. The van der Waals surface area contributed by atoms with Crippen LogP contribution in [-0.4, -0.2) is 29.7 Å². The minimum atomic E-state index is 0.560. The second-order valence-corrected chi connectivity index (χ2v) is 4.09. The number of nitrogens with zero attached hydrogens (tertiary/aromatic N) is 2. The molecule has 82 valence electrons. The van der Waals surface area contributed by atoms with E-state index in [1.54, 1.807) is 6.20 Å². The van der Waals surface area contributed by atoms with Gasteiger partial charge in [0.1, 0.15) is 17.2 Å². The lowest BCUT2D eigenvalue weighted by atomic mass is 10.0. The quantitative estimate of drug-likeness (QED) is 0.858. The number of anilines is 1. The molecule has 2 heterocycles. The molecule has 1 fully saturated rings. The van der Waals surface area contributed by atoms with E-state index in [1.807, 2.05) is 0 Å². The Hall–Kier alpha value is -0.870. The fraction of sp³-hybridized carbons (Fsp3) is 0.600. The lowest BCUT2D eigenvalue weighted by Gasteiger charge is -2.22. The van der Waals surface area contributed by atoms with Crippen molar-refractivity contribution >= 4 is 17.4 Å². The van der Waals surface area contributed by atoms with Crippen molar-refractivity contribution in [2.75, 3.05) is 25.1 Å². The van der Waals surface area contributed by atoms with Crippen molar-refractivity contribution in [3.63, 3.8) is 0 Å². The highest BCUT2D eigenvalue weighted by Crippen LogP contribution is 2.18. The fourth-order valence-corrected chi connectivity index (χ4v) is 1.82. The molecule has 1 aliphatic rings. The average Bonchev–Trinajstić information content (AvgIpc) is 2.29. The van der Waals surface area contributed by atoms with Gasteiger partial charge < -0.3 is 10.1 Å². The van der Waals surface area contributed by atoms with Crippen molar-refractivity contribution in [1.29, 1.82) is 0 Å². The highest BCUT2D eigenvalue weighted by molar-refractivity contribution is 6.32. The summed E-state index contributed by atoms with van der Waals surface area (Å²) in [5.74, 6) is 1.27. The maximum Gasteiger partial charge on any atom is 0.148 e. The van der Waals surface area contributed by atoms with Crippen molar-refractivity contribution in [3.8, 4) is 0 Å². The molecule has 0 amide bonds. The van der Waals surface area contributed by atoms with E-state index in [9.17, 15) is 0 Å². The second-order valence-electron chi connectivity index (χ2n) is 3.68. The third-order valence-corrected chi connectivity index (χ3v) is 2.76. The molecule has 15 heavy (non-hydrogen) atoms. The minimum absolute atomic E-state index is 0.560. The standard InChI is InChI=1S/C10H14ClN3O/c11-9-5-12-7-14-10(9)13-4-8-2-1-3-15-6-8/h5,7-8H,1-4,6H2,(H,12,13,14). The molecule has 1 unspecified atom stereocenters. The van der Waals surface area contributed by atoms with E-state index in [0.29, 0.717) is 16.8 Å². The molecule has 0 radical (unpaired) electrons. The van der Waals surface area contributed by atoms with Crippen molar-refractivity contribution in [3.05, 3.63) is 17.5 Å². The van der Waals surface area contributed by atoms with Gasteiger partial charge in [0.05, 0.1) is 12.8 Å². The van der Waals surface area contributed by atoms with Gasteiger partial charge in [-0.25, -0.2) is 9.97 Å². The van der Waals surface area contributed by atoms with E-state index in [-0.39, 0.29) is 0 Å². The molecular formula is C10H14ClN3O. The molecule has 1 aliphatic heterocycles. The van der Waals surface area contributed by atoms with Gasteiger partial charge >= 0.3 is 0 Å². The van der Waals surface area contributed by atoms with Gasteiger partial charge in [0.15, 0.2) is 0 Å². The van der Waals surface area contributed by atoms with Gasteiger partial charge in [-0.2, -0.15) is 0 Å². The Labute approximate surface area is 94.0 Å². The van der Waals surface area contributed by atoms with Crippen LogP contribution in [0, 0.1) is 5.92 Å². The van der Waals surface area contributed by atoms with Crippen molar-refractivity contribution in [1.82, 2.24) is 9.97 Å². The van der Waals surface area contributed by atoms with Crippen LogP contribution in [0.1, 0.15) is 12.8 Å². The molecule has 1 aromatic rings. The lowest BCUT2D eigenvalue weighted by Crippen LogP contribution is -2.24.